The fraction of sp³-hybridized carbons (Fsp3) is 0.667. The Balaban J connectivity index is 1.98. The molecule has 0 aliphatic heterocycles. The van der Waals surface area contributed by atoms with E-state index in [9.17, 15) is 0 Å². The Kier molecular flexibility index (Phi) is 6.88. The Hall–Kier alpha value is -0.840. The molecule has 0 aliphatic carbocycles. The van der Waals surface area contributed by atoms with Gasteiger partial charge in [0.15, 0.2) is 0 Å². The molecule has 0 saturated carbocycles. The Morgan fingerprint density at radius 2 is 1.88 bits per heavy atom. The van der Waals surface area contributed by atoms with Crippen LogP contribution in [0.2, 0.25) is 0 Å². The van der Waals surface area contributed by atoms with Crippen molar-refractivity contribution in [1.82, 2.24) is 0 Å². The maximum atomic E-state index is 5.43. The number of ether oxygens (including phenoxy) is 2. The highest BCUT2D eigenvalue weighted by Crippen LogP contribution is 2.07. The summed E-state index contributed by atoms with van der Waals surface area (Å²) in [5.41, 5.74) is 5.43. The molecule has 4 heteroatoms. The lowest BCUT2D eigenvalue weighted by Crippen LogP contribution is -2.04. The van der Waals surface area contributed by atoms with E-state index in [-0.39, 0.29) is 0 Å². The van der Waals surface area contributed by atoms with Crippen molar-refractivity contribution >= 4 is 0 Å². The van der Waals surface area contributed by atoms with E-state index in [1.807, 2.05) is 12.1 Å². The summed E-state index contributed by atoms with van der Waals surface area (Å²) in [6.07, 6.45) is 2.27. The van der Waals surface area contributed by atoms with E-state index >= 15 is 0 Å². The van der Waals surface area contributed by atoms with Crippen LogP contribution in [0.3, 0.4) is 0 Å². The van der Waals surface area contributed by atoms with E-state index in [0.717, 1.165) is 31.0 Å². The van der Waals surface area contributed by atoms with Gasteiger partial charge in [-0.05, 0) is 18.6 Å². The van der Waals surface area contributed by atoms with Crippen molar-refractivity contribution in [3.05, 3.63) is 23.7 Å². The van der Waals surface area contributed by atoms with Crippen molar-refractivity contribution < 1.29 is 13.9 Å². The molecule has 0 aliphatic rings. The van der Waals surface area contributed by atoms with Gasteiger partial charge in [0.2, 0.25) is 0 Å². The molecule has 0 amide bonds. The molecule has 92 valence electrons. The number of hydrogen-bond donors (Lipinski definition) is 1. The predicted molar refractivity (Wildman–Crippen MR) is 62.0 cm³/mol. The van der Waals surface area contributed by atoms with Gasteiger partial charge in [-0.25, -0.2) is 0 Å². The summed E-state index contributed by atoms with van der Waals surface area (Å²) in [4.78, 5) is 0. The Morgan fingerprint density at radius 3 is 2.56 bits per heavy atom. The molecule has 0 unspecified atom stereocenters. The van der Waals surface area contributed by atoms with Crippen LogP contribution in [0.15, 0.2) is 16.5 Å². The highest BCUT2D eigenvalue weighted by atomic mass is 16.5. The first kappa shape index (κ1) is 13.2. The molecule has 1 rings (SSSR count). The zero-order valence-electron chi connectivity index (χ0n) is 9.91. The van der Waals surface area contributed by atoms with Crippen molar-refractivity contribution in [2.24, 2.45) is 5.73 Å². The van der Waals surface area contributed by atoms with Gasteiger partial charge < -0.3 is 19.6 Å². The lowest BCUT2D eigenvalue weighted by atomic mass is 10.4. The average molecular weight is 227 g/mol. The predicted octanol–water partition coefficient (Wildman–Crippen LogP) is 2.07. The zero-order valence-corrected chi connectivity index (χ0v) is 9.91. The molecular formula is C12H21NO3. The number of furan rings is 1. The van der Waals surface area contributed by atoms with E-state index in [4.69, 9.17) is 19.6 Å². The lowest BCUT2D eigenvalue weighted by Gasteiger charge is -2.03. The minimum Gasteiger partial charge on any atom is -0.462 e. The Morgan fingerprint density at radius 1 is 1.12 bits per heavy atom. The highest BCUT2D eigenvalue weighted by Gasteiger charge is 2.00. The first-order valence-corrected chi connectivity index (χ1v) is 5.80. The van der Waals surface area contributed by atoms with Crippen LogP contribution in [0.4, 0.5) is 0 Å². The Labute approximate surface area is 96.7 Å². The third kappa shape index (κ3) is 5.30. The zero-order chi connectivity index (χ0) is 11.6. The standard InChI is InChI=1S/C12H21NO3/c1-2-3-6-14-7-8-15-10-12-5-4-11(9-13)16-12/h4-5H,2-3,6-10,13H2,1H3. The van der Waals surface area contributed by atoms with Gasteiger partial charge in [-0.1, -0.05) is 13.3 Å². The highest BCUT2D eigenvalue weighted by molar-refractivity contribution is 5.05. The van der Waals surface area contributed by atoms with Crippen LogP contribution in [0.25, 0.3) is 0 Å². The van der Waals surface area contributed by atoms with E-state index in [1.54, 1.807) is 0 Å². The number of rotatable bonds is 9. The van der Waals surface area contributed by atoms with Gasteiger partial charge in [0.05, 0.1) is 19.8 Å². The van der Waals surface area contributed by atoms with Crippen molar-refractivity contribution in [3.8, 4) is 0 Å². The summed E-state index contributed by atoms with van der Waals surface area (Å²) in [6, 6.07) is 3.76. The second kappa shape index (κ2) is 8.33. The number of nitrogens with two attached hydrogens (primary N) is 1. The van der Waals surface area contributed by atoms with Crippen molar-refractivity contribution in [2.75, 3.05) is 19.8 Å². The summed E-state index contributed by atoms with van der Waals surface area (Å²) in [7, 11) is 0. The van der Waals surface area contributed by atoms with Gasteiger partial charge >= 0.3 is 0 Å². The molecule has 1 heterocycles. The molecule has 0 spiro atoms. The molecular weight excluding hydrogens is 206 g/mol. The maximum Gasteiger partial charge on any atom is 0.129 e. The lowest BCUT2D eigenvalue weighted by molar-refractivity contribution is 0.0336. The minimum absolute atomic E-state index is 0.431. The van der Waals surface area contributed by atoms with E-state index < -0.39 is 0 Å². The summed E-state index contributed by atoms with van der Waals surface area (Å²) < 4.78 is 16.1. The molecule has 0 saturated heterocycles. The minimum atomic E-state index is 0.431. The average Bonchev–Trinajstić information content (AvgIpc) is 2.76. The molecule has 0 radical (unpaired) electrons. The summed E-state index contributed by atoms with van der Waals surface area (Å²) in [5, 5.41) is 0. The molecule has 0 atom stereocenters. The summed E-state index contributed by atoms with van der Waals surface area (Å²) in [5.74, 6) is 1.60. The van der Waals surface area contributed by atoms with E-state index in [1.165, 1.54) is 0 Å². The SMILES string of the molecule is CCCCOCCOCc1ccc(CN)o1. The van der Waals surface area contributed by atoms with Crippen LogP contribution in [0, 0.1) is 0 Å². The molecule has 1 aromatic rings. The molecule has 2 N–H and O–H groups in total. The first-order chi connectivity index (χ1) is 7.86. The summed E-state index contributed by atoms with van der Waals surface area (Å²) >= 11 is 0. The maximum absolute atomic E-state index is 5.43. The molecule has 4 nitrogen and oxygen atoms in total. The van der Waals surface area contributed by atoms with Crippen molar-refractivity contribution in [1.29, 1.82) is 0 Å². The van der Waals surface area contributed by atoms with Crippen LogP contribution in [0.1, 0.15) is 31.3 Å². The van der Waals surface area contributed by atoms with Gasteiger partial charge in [0.1, 0.15) is 18.1 Å². The van der Waals surface area contributed by atoms with Crippen molar-refractivity contribution in [2.45, 2.75) is 32.9 Å². The van der Waals surface area contributed by atoms with E-state index in [2.05, 4.69) is 6.92 Å². The van der Waals surface area contributed by atoms with Gasteiger partial charge in [-0.3, -0.25) is 0 Å². The van der Waals surface area contributed by atoms with E-state index in [0.29, 0.717) is 26.4 Å². The largest absolute Gasteiger partial charge is 0.462 e. The second-order valence-corrected chi connectivity index (χ2v) is 3.59. The molecule has 16 heavy (non-hydrogen) atoms. The van der Waals surface area contributed by atoms with Crippen LogP contribution >= 0.6 is 0 Å². The smallest absolute Gasteiger partial charge is 0.129 e. The Bertz CT molecular complexity index is 273. The third-order valence-corrected chi connectivity index (χ3v) is 2.18. The van der Waals surface area contributed by atoms with Gasteiger partial charge in [-0.2, -0.15) is 0 Å². The quantitative estimate of drug-likeness (QED) is 0.656. The normalized spacial score (nSPS) is 10.9. The van der Waals surface area contributed by atoms with Crippen LogP contribution < -0.4 is 5.73 Å². The fourth-order valence-electron chi connectivity index (χ4n) is 1.25. The fourth-order valence-corrected chi connectivity index (χ4v) is 1.25. The number of hydrogen-bond acceptors (Lipinski definition) is 4. The molecule has 0 fully saturated rings. The van der Waals surface area contributed by atoms with Crippen LogP contribution in [-0.2, 0) is 22.6 Å². The van der Waals surface area contributed by atoms with Crippen LogP contribution in [-0.4, -0.2) is 19.8 Å². The second-order valence-electron chi connectivity index (χ2n) is 3.59. The molecule has 1 aromatic heterocycles. The van der Waals surface area contributed by atoms with Gasteiger partial charge in [-0.15, -0.1) is 0 Å². The summed E-state index contributed by atoms with van der Waals surface area (Å²) in [6.45, 7) is 5.12. The molecule has 0 bridgehead atoms. The first-order valence-electron chi connectivity index (χ1n) is 5.80. The van der Waals surface area contributed by atoms with Crippen molar-refractivity contribution in [3.63, 3.8) is 0 Å². The van der Waals surface area contributed by atoms with Gasteiger partial charge in [0.25, 0.3) is 0 Å². The number of unbranched alkanes of at least 4 members (excludes halogenated alkanes) is 1. The topological polar surface area (TPSA) is 57.6 Å². The van der Waals surface area contributed by atoms with Crippen LogP contribution in [0.5, 0.6) is 0 Å². The van der Waals surface area contributed by atoms with Gasteiger partial charge in [0, 0.05) is 6.61 Å². The molecule has 0 aromatic carbocycles. The monoisotopic (exact) mass is 227 g/mol. The third-order valence-electron chi connectivity index (χ3n) is 2.18.